The number of nitrogens with zero attached hydrogens (tertiary/aromatic N) is 1. The minimum Gasteiger partial charge on any atom is -0.444 e. The molecular formula is C12H23NO3. The lowest BCUT2D eigenvalue weighted by molar-refractivity contribution is 0.0166. The summed E-state index contributed by atoms with van der Waals surface area (Å²) in [6, 6.07) is 0.0485. The first-order valence-corrected chi connectivity index (χ1v) is 5.97. The first-order chi connectivity index (χ1) is 7.29. The van der Waals surface area contributed by atoms with Gasteiger partial charge in [0, 0.05) is 12.6 Å². The van der Waals surface area contributed by atoms with E-state index >= 15 is 0 Å². The molecule has 0 aromatic carbocycles. The van der Waals surface area contributed by atoms with Crippen molar-refractivity contribution in [3.05, 3.63) is 0 Å². The molecule has 0 radical (unpaired) electrons. The van der Waals surface area contributed by atoms with E-state index < -0.39 is 5.60 Å². The summed E-state index contributed by atoms with van der Waals surface area (Å²) in [5, 5.41) is 9.61. The first kappa shape index (κ1) is 13.3. The minimum absolute atomic E-state index is 0.0485. The summed E-state index contributed by atoms with van der Waals surface area (Å²) in [4.78, 5) is 13.6. The van der Waals surface area contributed by atoms with Crippen LogP contribution < -0.4 is 0 Å². The molecule has 1 heterocycles. The maximum Gasteiger partial charge on any atom is 0.410 e. The van der Waals surface area contributed by atoms with E-state index in [2.05, 4.69) is 0 Å². The number of carbonyl (C=O) groups is 1. The number of aliphatic hydroxyl groups is 1. The Hall–Kier alpha value is -0.770. The van der Waals surface area contributed by atoms with Gasteiger partial charge in [0.2, 0.25) is 0 Å². The minimum atomic E-state index is -0.457. The molecule has 0 spiro atoms. The Morgan fingerprint density at radius 3 is 2.62 bits per heavy atom. The zero-order valence-electron chi connectivity index (χ0n) is 10.7. The van der Waals surface area contributed by atoms with E-state index in [-0.39, 0.29) is 18.2 Å². The number of hydrogen-bond acceptors (Lipinski definition) is 3. The summed E-state index contributed by atoms with van der Waals surface area (Å²) < 4.78 is 5.34. The average molecular weight is 229 g/mol. The summed E-state index contributed by atoms with van der Waals surface area (Å²) in [5.74, 6) is 0. The van der Waals surface area contributed by atoms with Crippen molar-refractivity contribution in [1.82, 2.24) is 4.90 Å². The highest BCUT2D eigenvalue weighted by molar-refractivity contribution is 5.68. The Labute approximate surface area is 97.6 Å². The summed E-state index contributed by atoms with van der Waals surface area (Å²) in [6.45, 7) is 8.22. The number of rotatable bonds is 0. The second kappa shape index (κ2) is 5.04. The van der Waals surface area contributed by atoms with Crippen molar-refractivity contribution in [3.8, 4) is 0 Å². The van der Waals surface area contributed by atoms with Gasteiger partial charge in [0.25, 0.3) is 0 Å². The van der Waals surface area contributed by atoms with Crippen LogP contribution in [0.1, 0.15) is 47.0 Å². The van der Waals surface area contributed by atoms with Crippen LogP contribution in [-0.4, -0.2) is 40.4 Å². The third-order valence-electron chi connectivity index (χ3n) is 2.71. The van der Waals surface area contributed by atoms with Gasteiger partial charge in [-0.3, -0.25) is 0 Å². The van der Waals surface area contributed by atoms with Crippen LogP contribution in [0.3, 0.4) is 0 Å². The van der Waals surface area contributed by atoms with E-state index in [9.17, 15) is 9.90 Å². The van der Waals surface area contributed by atoms with Gasteiger partial charge >= 0.3 is 6.09 Å². The van der Waals surface area contributed by atoms with E-state index in [4.69, 9.17) is 4.74 Å². The lowest BCUT2D eigenvalue weighted by atomic mass is 10.1. The molecule has 4 nitrogen and oxygen atoms in total. The van der Waals surface area contributed by atoms with Crippen LogP contribution >= 0.6 is 0 Å². The molecule has 2 atom stereocenters. The van der Waals surface area contributed by atoms with E-state index in [0.717, 1.165) is 12.8 Å². The number of amides is 1. The van der Waals surface area contributed by atoms with Crippen molar-refractivity contribution < 1.29 is 14.6 Å². The standard InChI is InChI=1S/C12H23NO3/c1-9-8-10(14)6-5-7-13(9)11(15)16-12(2,3)4/h9-10,14H,5-8H2,1-4H3/t9-,10?/m1/s1. The first-order valence-electron chi connectivity index (χ1n) is 5.97. The van der Waals surface area contributed by atoms with Gasteiger partial charge in [0.15, 0.2) is 0 Å². The van der Waals surface area contributed by atoms with E-state index in [0.29, 0.717) is 13.0 Å². The molecule has 1 unspecified atom stereocenters. The fraction of sp³-hybridized carbons (Fsp3) is 0.917. The molecule has 1 aliphatic rings. The Kier molecular flexibility index (Phi) is 4.19. The van der Waals surface area contributed by atoms with Gasteiger partial charge in [-0.2, -0.15) is 0 Å². The van der Waals surface area contributed by atoms with Crippen LogP contribution in [-0.2, 0) is 4.74 Å². The number of carbonyl (C=O) groups excluding carboxylic acids is 1. The molecule has 0 aromatic rings. The van der Waals surface area contributed by atoms with Gasteiger partial charge in [0.05, 0.1) is 6.10 Å². The predicted octanol–water partition coefficient (Wildman–Crippen LogP) is 2.16. The van der Waals surface area contributed by atoms with Crippen molar-refractivity contribution in [1.29, 1.82) is 0 Å². The molecule has 1 amide bonds. The monoisotopic (exact) mass is 229 g/mol. The molecule has 0 aliphatic carbocycles. The smallest absolute Gasteiger partial charge is 0.410 e. The molecule has 0 saturated carbocycles. The molecule has 0 bridgehead atoms. The third kappa shape index (κ3) is 4.00. The highest BCUT2D eigenvalue weighted by Gasteiger charge is 2.29. The summed E-state index contributed by atoms with van der Waals surface area (Å²) in [6.07, 6.45) is 1.68. The molecular weight excluding hydrogens is 206 g/mol. The fourth-order valence-electron chi connectivity index (χ4n) is 1.95. The van der Waals surface area contributed by atoms with Crippen molar-refractivity contribution in [2.45, 2.75) is 64.7 Å². The van der Waals surface area contributed by atoms with E-state index in [1.165, 1.54) is 0 Å². The molecule has 1 saturated heterocycles. The predicted molar refractivity (Wildman–Crippen MR) is 62.3 cm³/mol. The molecule has 94 valence electrons. The zero-order valence-corrected chi connectivity index (χ0v) is 10.7. The Bertz CT molecular complexity index is 247. The highest BCUT2D eigenvalue weighted by Crippen LogP contribution is 2.19. The number of hydrogen-bond donors (Lipinski definition) is 1. The zero-order chi connectivity index (χ0) is 12.3. The van der Waals surface area contributed by atoms with Crippen LogP contribution in [0.5, 0.6) is 0 Å². The molecule has 1 rings (SSSR count). The lowest BCUT2D eigenvalue weighted by Gasteiger charge is -2.30. The number of aliphatic hydroxyl groups excluding tert-OH is 1. The topological polar surface area (TPSA) is 49.8 Å². The van der Waals surface area contributed by atoms with Gasteiger partial charge in [0.1, 0.15) is 5.60 Å². The fourth-order valence-corrected chi connectivity index (χ4v) is 1.95. The number of ether oxygens (including phenoxy) is 1. The summed E-state index contributed by atoms with van der Waals surface area (Å²) >= 11 is 0. The van der Waals surface area contributed by atoms with E-state index in [1.807, 2.05) is 27.7 Å². The van der Waals surface area contributed by atoms with Crippen molar-refractivity contribution in [2.24, 2.45) is 0 Å². The van der Waals surface area contributed by atoms with Crippen LogP contribution in [0, 0.1) is 0 Å². The van der Waals surface area contributed by atoms with E-state index in [1.54, 1.807) is 4.90 Å². The Balaban J connectivity index is 2.60. The molecule has 1 N–H and O–H groups in total. The van der Waals surface area contributed by atoms with Gasteiger partial charge in [-0.1, -0.05) is 0 Å². The highest BCUT2D eigenvalue weighted by atomic mass is 16.6. The largest absolute Gasteiger partial charge is 0.444 e. The Morgan fingerprint density at radius 2 is 2.06 bits per heavy atom. The van der Waals surface area contributed by atoms with Gasteiger partial charge in [-0.15, -0.1) is 0 Å². The van der Waals surface area contributed by atoms with Gasteiger partial charge in [-0.25, -0.2) is 4.79 Å². The third-order valence-corrected chi connectivity index (χ3v) is 2.71. The average Bonchev–Trinajstić information content (AvgIpc) is 2.23. The van der Waals surface area contributed by atoms with Crippen molar-refractivity contribution >= 4 is 6.09 Å². The SMILES string of the molecule is C[C@@H]1CC(O)CCCN1C(=O)OC(C)(C)C. The maximum absolute atomic E-state index is 11.9. The quantitative estimate of drug-likeness (QED) is 0.692. The van der Waals surface area contributed by atoms with Crippen LogP contribution in [0.2, 0.25) is 0 Å². The normalized spacial score (nSPS) is 27.4. The van der Waals surface area contributed by atoms with Crippen LogP contribution in [0.4, 0.5) is 4.79 Å². The van der Waals surface area contributed by atoms with Gasteiger partial charge < -0.3 is 14.7 Å². The van der Waals surface area contributed by atoms with Crippen molar-refractivity contribution in [2.75, 3.05) is 6.54 Å². The van der Waals surface area contributed by atoms with Crippen LogP contribution in [0.15, 0.2) is 0 Å². The van der Waals surface area contributed by atoms with Gasteiger partial charge in [-0.05, 0) is 47.0 Å². The molecule has 4 heteroatoms. The number of likely N-dealkylation sites (tertiary alicyclic amines) is 1. The molecule has 1 aliphatic heterocycles. The molecule has 16 heavy (non-hydrogen) atoms. The maximum atomic E-state index is 11.9. The summed E-state index contributed by atoms with van der Waals surface area (Å²) in [7, 11) is 0. The Morgan fingerprint density at radius 1 is 1.44 bits per heavy atom. The second-order valence-corrected chi connectivity index (χ2v) is 5.55. The van der Waals surface area contributed by atoms with Crippen molar-refractivity contribution in [3.63, 3.8) is 0 Å². The van der Waals surface area contributed by atoms with Crippen LogP contribution in [0.25, 0.3) is 0 Å². The summed E-state index contributed by atoms with van der Waals surface area (Å²) in [5.41, 5.74) is -0.457. The molecule has 0 aromatic heterocycles. The second-order valence-electron chi connectivity index (χ2n) is 5.55. The molecule has 1 fully saturated rings. The lowest BCUT2D eigenvalue weighted by Crippen LogP contribution is -2.42.